The third-order valence-electron chi connectivity index (χ3n) is 2.04. The van der Waals surface area contributed by atoms with Crippen LogP contribution in [0.1, 0.15) is 5.82 Å². The van der Waals surface area contributed by atoms with Crippen molar-refractivity contribution < 1.29 is 0 Å². The number of rotatable bonds is 1. The van der Waals surface area contributed by atoms with Crippen LogP contribution in [0.5, 0.6) is 0 Å². The molecule has 0 saturated heterocycles. The Kier molecular flexibility index (Phi) is 2.27. The van der Waals surface area contributed by atoms with Crippen molar-refractivity contribution in [1.82, 2.24) is 9.55 Å². The van der Waals surface area contributed by atoms with E-state index >= 15 is 0 Å². The SMILES string of the molecule is Cc1nccc(=O)n1-c1cbccc1. The summed E-state index contributed by atoms with van der Waals surface area (Å²) in [7, 11) is 0. The van der Waals surface area contributed by atoms with Crippen molar-refractivity contribution in [3.8, 4) is 5.69 Å². The Morgan fingerprint density at radius 3 is 2.93 bits per heavy atom. The summed E-state index contributed by atoms with van der Waals surface area (Å²) in [5, 5.41) is 0. The van der Waals surface area contributed by atoms with Crippen molar-refractivity contribution in [2.24, 2.45) is 0 Å². The fourth-order valence-electron chi connectivity index (χ4n) is 1.39. The van der Waals surface area contributed by atoms with Gasteiger partial charge in [0.1, 0.15) is 0 Å². The van der Waals surface area contributed by atoms with Gasteiger partial charge >= 0.3 is 81.6 Å². The summed E-state index contributed by atoms with van der Waals surface area (Å²) in [5.41, 5.74) is 0.798. The number of hydrogen-bond donors (Lipinski definition) is 0. The van der Waals surface area contributed by atoms with Crippen LogP contribution in [0.15, 0.2) is 41.1 Å². The minimum absolute atomic E-state index is 0.0521. The van der Waals surface area contributed by atoms with Gasteiger partial charge in [-0.05, 0) is 0 Å². The number of aromatic nitrogens is 2. The van der Waals surface area contributed by atoms with Crippen LogP contribution >= 0.6 is 0 Å². The maximum atomic E-state index is 11.6. The van der Waals surface area contributed by atoms with E-state index in [1.807, 2.05) is 37.9 Å². The second kappa shape index (κ2) is 3.58. The van der Waals surface area contributed by atoms with E-state index in [1.54, 1.807) is 4.57 Å². The van der Waals surface area contributed by atoms with Crippen LogP contribution in [-0.4, -0.2) is 16.5 Å². The average molecular weight is 184 g/mol. The fraction of sp³-hybridized carbons (Fsp3) is 0.100. The molecule has 2 heterocycles. The zero-order valence-corrected chi connectivity index (χ0v) is 7.84. The van der Waals surface area contributed by atoms with Gasteiger partial charge in [-0.1, -0.05) is 0 Å². The molecular formula is C10H9BN2O. The van der Waals surface area contributed by atoms with E-state index in [4.69, 9.17) is 0 Å². The molecule has 2 aromatic rings. The topological polar surface area (TPSA) is 34.9 Å². The Labute approximate surface area is 82.3 Å². The van der Waals surface area contributed by atoms with E-state index in [0.29, 0.717) is 5.82 Å². The molecule has 0 aliphatic rings. The van der Waals surface area contributed by atoms with Crippen molar-refractivity contribution in [2.75, 3.05) is 0 Å². The summed E-state index contributed by atoms with van der Waals surface area (Å²) in [6.45, 7) is 3.71. The molecule has 0 fully saturated rings. The molecule has 0 spiro atoms. The summed E-state index contributed by atoms with van der Waals surface area (Å²) in [6, 6.07) is 5.24. The Balaban J connectivity index is 2.69. The molecule has 68 valence electrons. The Morgan fingerprint density at radius 1 is 1.43 bits per heavy atom. The molecule has 0 radical (unpaired) electrons. The monoisotopic (exact) mass is 184 g/mol. The van der Waals surface area contributed by atoms with E-state index in [1.165, 1.54) is 12.3 Å². The van der Waals surface area contributed by atoms with Crippen LogP contribution in [0.2, 0.25) is 0 Å². The maximum absolute atomic E-state index is 11.6. The third kappa shape index (κ3) is 1.51. The van der Waals surface area contributed by atoms with E-state index in [0.717, 1.165) is 5.69 Å². The standard InChI is InChI=1S/C10H9BN2O/c1-8-12-6-4-10(14)13(8)9-3-2-5-11-7-9/h2-7H,1H3. The van der Waals surface area contributed by atoms with Gasteiger partial charge < -0.3 is 0 Å². The average Bonchev–Trinajstić information content (AvgIpc) is 2.19. The summed E-state index contributed by atoms with van der Waals surface area (Å²) >= 11 is 0. The number of hydrogen-bond acceptors (Lipinski definition) is 2. The number of aryl methyl sites for hydroxylation is 1. The van der Waals surface area contributed by atoms with Crippen LogP contribution in [0.25, 0.3) is 5.69 Å². The molecule has 3 nitrogen and oxygen atoms in total. The third-order valence-corrected chi connectivity index (χ3v) is 2.04. The molecule has 2 aromatic heterocycles. The first-order valence-corrected chi connectivity index (χ1v) is 4.39. The first kappa shape index (κ1) is 8.87. The van der Waals surface area contributed by atoms with Gasteiger partial charge in [0.05, 0.1) is 0 Å². The second-order valence-corrected chi connectivity index (χ2v) is 3.00. The molecule has 0 unspecified atom stereocenters. The number of nitrogens with zero attached hydrogens (tertiary/aromatic N) is 2. The van der Waals surface area contributed by atoms with Gasteiger partial charge in [0, 0.05) is 0 Å². The Morgan fingerprint density at radius 2 is 2.29 bits per heavy atom. The Hall–Kier alpha value is -1.71. The van der Waals surface area contributed by atoms with E-state index < -0.39 is 0 Å². The van der Waals surface area contributed by atoms with Crippen molar-refractivity contribution in [3.63, 3.8) is 0 Å². The van der Waals surface area contributed by atoms with E-state index in [-0.39, 0.29) is 5.56 Å². The molecule has 0 aromatic carbocycles. The van der Waals surface area contributed by atoms with Crippen LogP contribution in [-0.2, 0) is 0 Å². The van der Waals surface area contributed by atoms with Crippen molar-refractivity contribution >= 4 is 6.91 Å². The molecule has 4 heteroatoms. The zero-order chi connectivity index (χ0) is 9.97. The molecule has 0 N–H and O–H groups in total. The molecular weight excluding hydrogens is 175 g/mol. The van der Waals surface area contributed by atoms with Gasteiger partial charge in [0.25, 0.3) is 0 Å². The van der Waals surface area contributed by atoms with Crippen molar-refractivity contribution in [3.05, 3.63) is 52.5 Å². The molecule has 0 amide bonds. The van der Waals surface area contributed by atoms with Crippen LogP contribution in [0, 0.1) is 6.92 Å². The van der Waals surface area contributed by atoms with Gasteiger partial charge in [-0.2, -0.15) is 0 Å². The molecule has 0 saturated carbocycles. The van der Waals surface area contributed by atoms with Gasteiger partial charge in [0.2, 0.25) is 0 Å². The van der Waals surface area contributed by atoms with Crippen LogP contribution in [0.4, 0.5) is 0 Å². The predicted octanol–water partition coefficient (Wildman–Crippen LogP) is 0.879. The zero-order valence-electron chi connectivity index (χ0n) is 7.84. The molecule has 2 rings (SSSR count). The molecule has 0 aliphatic heterocycles. The fourth-order valence-corrected chi connectivity index (χ4v) is 1.39. The van der Waals surface area contributed by atoms with Crippen molar-refractivity contribution in [1.29, 1.82) is 0 Å². The Bertz CT molecular complexity index is 493. The summed E-state index contributed by atoms with van der Waals surface area (Å²) in [4.78, 5) is 15.6. The van der Waals surface area contributed by atoms with Gasteiger partial charge in [-0.25, -0.2) is 0 Å². The molecule has 0 aliphatic carbocycles. The van der Waals surface area contributed by atoms with Gasteiger partial charge in [-0.15, -0.1) is 0 Å². The minimum atomic E-state index is -0.0521. The predicted molar refractivity (Wildman–Crippen MR) is 55.9 cm³/mol. The van der Waals surface area contributed by atoms with Gasteiger partial charge in [0.15, 0.2) is 0 Å². The van der Waals surface area contributed by atoms with Crippen molar-refractivity contribution in [2.45, 2.75) is 6.92 Å². The van der Waals surface area contributed by atoms with E-state index in [9.17, 15) is 4.79 Å². The first-order valence-electron chi connectivity index (χ1n) is 4.39. The van der Waals surface area contributed by atoms with E-state index in [2.05, 4.69) is 4.98 Å². The van der Waals surface area contributed by atoms with Gasteiger partial charge in [-0.3, -0.25) is 0 Å². The van der Waals surface area contributed by atoms with Crippen LogP contribution in [0.3, 0.4) is 0 Å². The first-order chi connectivity index (χ1) is 6.79. The van der Waals surface area contributed by atoms with Crippen LogP contribution < -0.4 is 5.56 Å². The molecule has 14 heavy (non-hydrogen) atoms. The molecule has 0 bridgehead atoms. The molecule has 0 atom stereocenters. The normalized spacial score (nSPS) is 9.79. The quantitative estimate of drug-likeness (QED) is 0.659. The summed E-state index contributed by atoms with van der Waals surface area (Å²) in [5.74, 6) is 4.50. The second-order valence-electron chi connectivity index (χ2n) is 3.00. The summed E-state index contributed by atoms with van der Waals surface area (Å²) < 4.78 is 1.58. The summed E-state index contributed by atoms with van der Waals surface area (Å²) in [6.07, 6.45) is 1.52.